The van der Waals surface area contributed by atoms with Gasteiger partial charge in [-0.15, -0.1) is 0 Å². The molecule has 2 aliphatic carbocycles. The van der Waals surface area contributed by atoms with Crippen molar-refractivity contribution < 1.29 is 22.5 Å². The summed E-state index contributed by atoms with van der Waals surface area (Å²) in [4.78, 5) is 12.9. The van der Waals surface area contributed by atoms with Gasteiger partial charge in [0.2, 0.25) is 0 Å². The molecule has 2 saturated carbocycles. The number of hydrogen-bond donors (Lipinski definition) is 1. The standard InChI is InChI=1S/C39H35Cl3N2O5S/c1-39(2,3)25-13-16-27(17-14-25)50(46,47)44-38(45)24-11-7-22(8-12-24)29-20-30(29)28-18-15-26(19-34(28)42)48-21-31-36(43-49-37(31)23-9-10-23)35-32(40)5-4-6-33(35)41/h4-8,11-19,23,29-30H,9-10,20-21H2,1-3H3,(H,44,45)/t29-,30?/m0/s1. The van der Waals surface area contributed by atoms with Crippen LogP contribution in [-0.2, 0) is 22.0 Å². The number of halogens is 3. The zero-order valence-electron chi connectivity index (χ0n) is 27.7. The zero-order chi connectivity index (χ0) is 35.4. The molecule has 2 aliphatic rings. The maximum Gasteiger partial charge on any atom is 0.264 e. The van der Waals surface area contributed by atoms with Crippen molar-refractivity contribution in [1.29, 1.82) is 0 Å². The predicted octanol–water partition coefficient (Wildman–Crippen LogP) is 10.4. The lowest BCUT2D eigenvalue weighted by Gasteiger charge is -2.19. The maximum absolute atomic E-state index is 12.9. The van der Waals surface area contributed by atoms with E-state index in [0.29, 0.717) is 38.0 Å². The molecule has 0 bridgehead atoms. The number of carbonyl (C=O) groups is 1. The van der Waals surface area contributed by atoms with Crippen molar-refractivity contribution in [2.45, 2.75) is 74.7 Å². The van der Waals surface area contributed by atoms with Gasteiger partial charge in [0.25, 0.3) is 15.9 Å². The zero-order valence-corrected chi connectivity index (χ0v) is 30.8. The Hall–Kier alpha value is -3.82. The summed E-state index contributed by atoms with van der Waals surface area (Å²) in [5.74, 6) is 1.48. The highest BCUT2D eigenvalue weighted by molar-refractivity contribution is 7.90. The minimum atomic E-state index is -4.02. The maximum atomic E-state index is 12.9. The van der Waals surface area contributed by atoms with E-state index in [2.05, 4.69) is 9.88 Å². The van der Waals surface area contributed by atoms with Crippen LogP contribution < -0.4 is 9.46 Å². The first-order valence-electron chi connectivity index (χ1n) is 16.4. The Morgan fingerprint density at radius 2 is 1.58 bits per heavy atom. The van der Waals surface area contributed by atoms with E-state index >= 15 is 0 Å². The lowest BCUT2D eigenvalue weighted by molar-refractivity contribution is 0.0981. The minimum Gasteiger partial charge on any atom is -0.489 e. The Morgan fingerprint density at radius 1 is 0.900 bits per heavy atom. The largest absolute Gasteiger partial charge is 0.489 e. The smallest absolute Gasteiger partial charge is 0.264 e. The van der Waals surface area contributed by atoms with Gasteiger partial charge in [-0.05, 0) is 102 Å². The molecule has 1 heterocycles. The summed E-state index contributed by atoms with van der Waals surface area (Å²) in [5, 5.41) is 5.92. The Kier molecular flexibility index (Phi) is 9.27. The Balaban J connectivity index is 0.993. The van der Waals surface area contributed by atoms with E-state index in [4.69, 9.17) is 44.1 Å². The number of nitrogens with one attached hydrogen (secondary N) is 1. The van der Waals surface area contributed by atoms with Gasteiger partial charge in [0.15, 0.2) is 0 Å². The fourth-order valence-corrected chi connectivity index (χ4v) is 8.13. The van der Waals surface area contributed by atoms with E-state index in [-0.39, 0.29) is 34.3 Å². The summed E-state index contributed by atoms with van der Waals surface area (Å²) in [6.07, 6.45) is 2.97. The molecule has 7 nitrogen and oxygen atoms in total. The summed E-state index contributed by atoms with van der Waals surface area (Å²) < 4.78 is 40.0. The van der Waals surface area contributed by atoms with Crippen molar-refractivity contribution in [3.63, 3.8) is 0 Å². The molecule has 0 radical (unpaired) electrons. The summed E-state index contributed by atoms with van der Waals surface area (Å²) in [6, 6.07) is 24.7. The van der Waals surface area contributed by atoms with Gasteiger partial charge < -0.3 is 9.26 Å². The van der Waals surface area contributed by atoms with Crippen LogP contribution in [0.25, 0.3) is 11.3 Å². The molecule has 0 aliphatic heterocycles. The summed E-state index contributed by atoms with van der Waals surface area (Å²) in [5.41, 5.74) is 5.25. The van der Waals surface area contributed by atoms with Crippen molar-refractivity contribution in [3.8, 4) is 17.0 Å². The number of carbonyl (C=O) groups excluding carboxylic acids is 1. The summed E-state index contributed by atoms with van der Waals surface area (Å²) >= 11 is 19.8. The molecular weight excluding hydrogens is 715 g/mol. The van der Waals surface area contributed by atoms with Crippen LogP contribution >= 0.6 is 34.8 Å². The molecule has 1 N–H and O–H groups in total. The molecule has 11 heteroatoms. The highest BCUT2D eigenvalue weighted by atomic mass is 35.5. The SMILES string of the molecule is CC(C)(C)c1ccc(S(=O)(=O)NC(=O)c2ccc([C@@H]3CC3c3ccc(OCc4c(-c5c(Cl)cccc5Cl)noc4C4CC4)cc3Cl)cc2)cc1. The molecule has 1 amide bonds. The van der Waals surface area contributed by atoms with Crippen molar-refractivity contribution in [2.75, 3.05) is 0 Å². The van der Waals surface area contributed by atoms with E-state index in [1.807, 2.05) is 51.1 Å². The topological polar surface area (TPSA) is 98.5 Å². The number of ether oxygens (including phenoxy) is 1. The van der Waals surface area contributed by atoms with Crippen molar-refractivity contribution >= 4 is 50.7 Å². The van der Waals surface area contributed by atoms with E-state index in [9.17, 15) is 13.2 Å². The summed E-state index contributed by atoms with van der Waals surface area (Å²) in [7, 11) is -4.02. The molecule has 2 atom stereocenters. The monoisotopic (exact) mass is 748 g/mol. The third kappa shape index (κ3) is 7.17. The summed E-state index contributed by atoms with van der Waals surface area (Å²) in [6.45, 7) is 6.37. The van der Waals surface area contributed by atoms with Gasteiger partial charge >= 0.3 is 0 Å². The second-order valence-electron chi connectivity index (χ2n) is 14.0. The number of sulfonamides is 1. The molecule has 258 valence electrons. The van der Waals surface area contributed by atoms with Gasteiger partial charge in [-0.25, -0.2) is 13.1 Å². The number of aromatic nitrogens is 1. The average Bonchev–Trinajstić information content (AvgIpc) is 4.02. The number of hydrogen-bond acceptors (Lipinski definition) is 6. The van der Waals surface area contributed by atoms with Gasteiger partial charge in [0.1, 0.15) is 23.8 Å². The van der Waals surface area contributed by atoms with E-state index < -0.39 is 15.9 Å². The molecular formula is C39H35Cl3N2O5S. The highest BCUT2D eigenvalue weighted by Crippen LogP contribution is 2.56. The second kappa shape index (κ2) is 13.4. The van der Waals surface area contributed by atoms with Crippen molar-refractivity contribution in [1.82, 2.24) is 9.88 Å². The molecule has 50 heavy (non-hydrogen) atoms. The molecule has 7 rings (SSSR count). The molecule has 5 aromatic rings. The number of amides is 1. The predicted molar refractivity (Wildman–Crippen MR) is 196 cm³/mol. The fraction of sp³-hybridized carbons (Fsp3) is 0.282. The molecule has 0 spiro atoms. The van der Waals surface area contributed by atoms with E-state index in [0.717, 1.165) is 47.3 Å². The van der Waals surface area contributed by atoms with Crippen LogP contribution in [-0.4, -0.2) is 19.5 Å². The van der Waals surface area contributed by atoms with Crippen LogP contribution in [0.2, 0.25) is 15.1 Å². The number of nitrogens with zero attached hydrogens (tertiary/aromatic N) is 1. The van der Waals surface area contributed by atoms with Crippen LogP contribution in [0.4, 0.5) is 0 Å². The molecule has 1 unspecified atom stereocenters. The first kappa shape index (κ1) is 34.6. The lowest BCUT2D eigenvalue weighted by atomic mass is 9.87. The fourth-order valence-electron chi connectivity index (χ4n) is 6.26. The van der Waals surface area contributed by atoms with Gasteiger partial charge in [-0.3, -0.25) is 4.79 Å². The van der Waals surface area contributed by atoms with Crippen LogP contribution in [0.15, 0.2) is 94.3 Å². The Morgan fingerprint density at radius 3 is 2.20 bits per heavy atom. The first-order valence-corrected chi connectivity index (χ1v) is 19.0. The van der Waals surface area contributed by atoms with Gasteiger partial charge in [-0.2, -0.15) is 0 Å². The Labute approximate surface area is 306 Å². The first-order chi connectivity index (χ1) is 23.8. The van der Waals surface area contributed by atoms with Crippen molar-refractivity contribution in [2.24, 2.45) is 0 Å². The molecule has 4 aromatic carbocycles. The Bertz CT molecular complexity index is 2170. The van der Waals surface area contributed by atoms with Gasteiger partial charge in [0.05, 0.1) is 20.5 Å². The third-order valence-corrected chi connectivity index (χ3v) is 11.7. The van der Waals surface area contributed by atoms with Crippen molar-refractivity contribution in [3.05, 3.63) is 134 Å². The normalized spacial score (nSPS) is 17.4. The average molecular weight is 750 g/mol. The van der Waals surface area contributed by atoms with Crippen LogP contribution in [0.1, 0.15) is 96.2 Å². The highest BCUT2D eigenvalue weighted by Gasteiger charge is 2.41. The lowest BCUT2D eigenvalue weighted by Crippen LogP contribution is -2.30. The number of rotatable bonds is 10. The van der Waals surface area contributed by atoms with Gasteiger partial charge in [0, 0.05) is 22.1 Å². The number of benzene rings is 4. The van der Waals surface area contributed by atoms with Crippen LogP contribution in [0.5, 0.6) is 5.75 Å². The van der Waals surface area contributed by atoms with E-state index in [1.165, 1.54) is 12.1 Å². The van der Waals surface area contributed by atoms with E-state index in [1.54, 1.807) is 42.5 Å². The van der Waals surface area contributed by atoms with Gasteiger partial charge in [-0.1, -0.05) is 97.1 Å². The third-order valence-electron chi connectivity index (χ3n) is 9.37. The minimum absolute atomic E-state index is 0.0397. The molecule has 1 aromatic heterocycles. The molecule has 2 fully saturated rings. The second-order valence-corrected chi connectivity index (χ2v) is 16.9. The van der Waals surface area contributed by atoms with Crippen LogP contribution in [0, 0.1) is 0 Å². The van der Waals surface area contributed by atoms with Crippen LogP contribution in [0.3, 0.4) is 0 Å². The molecule has 0 saturated heterocycles. The quantitative estimate of drug-likeness (QED) is 0.153.